The van der Waals surface area contributed by atoms with E-state index in [-0.39, 0.29) is 18.5 Å². The van der Waals surface area contributed by atoms with Crippen molar-refractivity contribution in [2.45, 2.75) is 360 Å². The van der Waals surface area contributed by atoms with Gasteiger partial charge in [-0.3, -0.25) is 9.59 Å². The molecule has 0 aromatic rings. The number of nitrogens with one attached hydrogen (secondary N) is 1. The van der Waals surface area contributed by atoms with Crippen molar-refractivity contribution in [2.75, 3.05) is 13.2 Å². The summed E-state index contributed by atoms with van der Waals surface area (Å²) in [6.45, 7) is 4.95. The molecule has 0 aromatic heterocycles. The van der Waals surface area contributed by atoms with Crippen molar-refractivity contribution in [3.8, 4) is 0 Å². The Bertz CT molecular complexity index is 1090. The van der Waals surface area contributed by atoms with Crippen molar-refractivity contribution in [2.24, 2.45) is 0 Å². The number of allylic oxidation sites excluding steroid dienone is 4. The van der Waals surface area contributed by atoms with Gasteiger partial charge in [-0.25, -0.2) is 0 Å². The van der Waals surface area contributed by atoms with Crippen molar-refractivity contribution in [1.82, 2.24) is 5.32 Å². The van der Waals surface area contributed by atoms with E-state index in [4.69, 9.17) is 4.74 Å². The van der Waals surface area contributed by atoms with E-state index in [1.54, 1.807) is 0 Å². The molecule has 0 heterocycles. The second-order valence-electron chi connectivity index (χ2n) is 21.7. The molecule has 0 saturated heterocycles. The lowest BCUT2D eigenvalue weighted by Crippen LogP contribution is -2.45. The van der Waals surface area contributed by atoms with E-state index in [0.717, 1.165) is 57.8 Å². The minimum atomic E-state index is -0.673. The molecule has 0 radical (unpaired) electrons. The summed E-state index contributed by atoms with van der Waals surface area (Å²) in [5.41, 5.74) is 0. The molecule has 0 saturated carbocycles. The first kappa shape index (κ1) is 68.3. The number of rotatable bonds is 59. The number of carbonyl (C=O) groups excluding carboxylic acids is 2. The van der Waals surface area contributed by atoms with E-state index in [1.807, 2.05) is 0 Å². The van der Waals surface area contributed by atoms with Crippen LogP contribution in [-0.2, 0) is 14.3 Å². The van der Waals surface area contributed by atoms with Gasteiger partial charge in [0.2, 0.25) is 5.91 Å². The van der Waals surface area contributed by atoms with Gasteiger partial charge in [0.25, 0.3) is 0 Å². The van der Waals surface area contributed by atoms with Crippen LogP contribution in [0, 0.1) is 0 Å². The Hall–Kier alpha value is -1.66. The number of aliphatic hydroxyl groups excluding tert-OH is 2. The summed E-state index contributed by atoms with van der Waals surface area (Å²) >= 11 is 0. The molecule has 0 bridgehead atoms. The fourth-order valence-electron chi connectivity index (χ4n) is 9.87. The highest BCUT2D eigenvalue weighted by Crippen LogP contribution is 2.18. The Morgan fingerprint density at radius 3 is 1.01 bits per heavy atom. The quantitative estimate of drug-likeness (QED) is 0.0321. The summed E-state index contributed by atoms with van der Waals surface area (Å²) in [7, 11) is 0. The predicted molar refractivity (Wildman–Crippen MR) is 306 cm³/mol. The molecule has 0 fully saturated rings. The third-order valence-corrected chi connectivity index (χ3v) is 14.7. The maximum Gasteiger partial charge on any atom is 0.305 e. The molecule has 6 heteroatoms. The van der Waals surface area contributed by atoms with Crippen molar-refractivity contribution in [1.29, 1.82) is 0 Å². The highest BCUT2D eigenvalue weighted by atomic mass is 16.5. The van der Waals surface area contributed by atoms with Gasteiger partial charge in [0.1, 0.15) is 0 Å². The van der Waals surface area contributed by atoms with Gasteiger partial charge in [0, 0.05) is 12.8 Å². The molecule has 1 amide bonds. The number of unbranched alkanes of at least 4 members (excludes halogenated alkanes) is 44. The molecule has 3 N–H and O–H groups in total. The fraction of sp³-hybridized carbons (Fsp3) is 0.906. The summed E-state index contributed by atoms with van der Waals surface area (Å²) < 4.78 is 5.47. The van der Waals surface area contributed by atoms with Crippen LogP contribution in [0.5, 0.6) is 0 Å². The fourth-order valence-corrected chi connectivity index (χ4v) is 9.87. The molecular formula is C64H123NO5. The lowest BCUT2D eigenvalue weighted by Gasteiger charge is -2.22. The molecule has 0 aliphatic carbocycles. The van der Waals surface area contributed by atoms with Gasteiger partial charge in [-0.15, -0.1) is 0 Å². The van der Waals surface area contributed by atoms with E-state index in [9.17, 15) is 19.8 Å². The molecular weight excluding hydrogens is 863 g/mol. The zero-order valence-electron chi connectivity index (χ0n) is 47.3. The molecule has 70 heavy (non-hydrogen) atoms. The Balaban J connectivity index is 3.45. The van der Waals surface area contributed by atoms with Crippen LogP contribution in [0.4, 0.5) is 0 Å². The number of esters is 1. The van der Waals surface area contributed by atoms with Crippen LogP contribution in [0.2, 0.25) is 0 Å². The van der Waals surface area contributed by atoms with Crippen molar-refractivity contribution < 1.29 is 24.5 Å². The topological polar surface area (TPSA) is 95.9 Å². The minimum absolute atomic E-state index is 0.00898. The molecule has 2 unspecified atom stereocenters. The van der Waals surface area contributed by atoms with Gasteiger partial charge < -0.3 is 20.3 Å². The molecule has 2 atom stereocenters. The Kier molecular flexibility index (Phi) is 58.5. The molecule has 0 aliphatic heterocycles. The van der Waals surface area contributed by atoms with Gasteiger partial charge in [-0.1, -0.05) is 282 Å². The van der Waals surface area contributed by atoms with E-state index < -0.39 is 12.1 Å². The number of carbonyl (C=O) groups is 2. The van der Waals surface area contributed by atoms with Gasteiger partial charge in [0.15, 0.2) is 0 Å². The van der Waals surface area contributed by atoms with E-state index in [2.05, 4.69) is 43.5 Å². The normalized spacial score (nSPS) is 12.7. The summed E-state index contributed by atoms with van der Waals surface area (Å²) in [6, 6.07) is -0.552. The standard InChI is InChI=1S/C64H123NO5/c1-3-5-7-9-11-13-15-17-19-20-21-22-23-25-29-32-36-40-44-48-52-56-62(67)61(60-66)65-63(68)57-53-49-45-41-37-33-30-26-24-27-31-35-39-43-47-51-55-59-70-64(69)58-54-50-46-42-38-34-28-18-16-14-12-10-8-6-4-2/h18,24,27-28,61-62,66-67H,3-17,19-23,25-26,29-60H2,1-2H3,(H,65,68)/b27-24-,28-18-. The van der Waals surface area contributed by atoms with E-state index >= 15 is 0 Å². The van der Waals surface area contributed by atoms with Gasteiger partial charge in [0.05, 0.1) is 25.4 Å². The molecule has 0 aromatic carbocycles. The highest BCUT2D eigenvalue weighted by Gasteiger charge is 2.20. The van der Waals surface area contributed by atoms with Gasteiger partial charge in [-0.2, -0.15) is 0 Å². The van der Waals surface area contributed by atoms with Crippen LogP contribution in [0.25, 0.3) is 0 Å². The average molecular weight is 987 g/mol. The number of hydrogen-bond donors (Lipinski definition) is 3. The third kappa shape index (κ3) is 55.7. The van der Waals surface area contributed by atoms with Gasteiger partial charge >= 0.3 is 5.97 Å². The smallest absolute Gasteiger partial charge is 0.305 e. The maximum atomic E-state index is 12.5. The lowest BCUT2D eigenvalue weighted by atomic mass is 10.0. The van der Waals surface area contributed by atoms with Crippen LogP contribution in [-0.4, -0.2) is 47.4 Å². The van der Waals surface area contributed by atoms with Gasteiger partial charge in [-0.05, 0) is 77.0 Å². The largest absolute Gasteiger partial charge is 0.466 e. The summed E-state index contributed by atoms with van der Waals surface area (Å²) in [4.78, 5) is 24.6. The van der Waals surface area contributed by atoms with E-state index in [1.165, 1.54) is 257 Å². The maximum absolute atomic E-state index is 12.5. The minimum Gasteiger partial charge on any atom is -0.466 e. The zero-order chi connectivity index (χ0) is 50.7. The van der Waals surface area contributed by atoms with Crippen LogP contribution < -0.4 is 5.32 Å². The Morgan fingerprint density at radius 2 is 0.671 bits per heavy atom. The van der Waals surface area contributed by atoms with Crippen LogP contribution in [0.15, 0.2) is 24.3 Å². The highest BCUT2D eigenvalue weighted by molar-refractivity contribution is 5.76. The Morgan fingerprint density at radius 1 is 0.386 bits per heavy atom. The summed E-state index contributed by atoms with van der Waals surface area (Å²) in [5.74, 6) is -0.0529. The van der Waals surface area contributed by atoms with Crippen LogP contribution in [0.1, 0.15) is 348 Å². The van der Waals surface area contributed by atoms with Crippen molar-refractivity contribution in [3.63, 3.8) is 0 Å². The number of ether oxygens (including phenoxy) is 1. The molecule has 6 nitrogen and oxygen atoms in total. The van der Waals surface area contributed by atoms with Crippen LogP contribution >= 0.6 is 0 Å². The van der Waals surface area contributed by atoms with Crippen molar-refractivity contribution in [3.05, 3.63) is 24.3 Å². The Labute approximate surface area is 437 Å². The molecule has 0 spiro atoms. The number of hydrogen-bond acceptors (Lipinski definition) is 5. The molecule has 0 rings (SSSR count). The van der Waals surface area contributed by atoms with Crippen molar-refractivity contribution >= 4 is 11.9 Å². The van der Waals surface area contributed by atoms with Crippen LogP contribution in [0.3, 0.4) is 0 Å². The molecule has 0 aliphatic rings. The zero-order valence-corrected chi connectivity index (χ0v) is 47.3. The summed E-state index contributed by atoms with van der Waals surface area (Å²) in [6.07, 6.45) is 73.2. The number of amides is 1. The first-order chi connectivity index (χ1) is 34.5. The SMILES string of the molecule is CCCCCCCC/C=C\CCCCCCCC(=O)OCCCCCCCC/C=C\CCCCCCCCCC(=O)NC(CO)C(O)CCCCCCCCCCCCCCCCCCCCCCC. The average Bonchev–Trinajstić information content (AvgIpc) is 3.36. The molecule has 414 valence electrons. The third-order valence-electron chi connectivity index (χ3n) is 14.7. The number of aliphatic hydroxyl groups is 2. The first-order valence-electron chi connectivity index (χ1n) is 31.6. The van der Waals surface area contributed by atoms with E-state index in [0.29, 0.717) is 25.9 Å². The monoisotopic (exact) mass is 986 g/mol. The second-order valence-corrected chi connectivity index (χ2v) is 21.7. The lowest BCUT2D eigenvalue weighted by molar-refractivity contribution is -0.143. The predicted octanol–water partition coefficient (Wildman–Crippen LogP) is 19.8. The second kappa shape index (κ2) is 59.9. The summed E-state index contributed by atoms with van der Waals surface area (Å²) in [5, 5.41) is 23.4. The first-order valence-corrected chi connectivity index (χ1v) is 31.6.